The molecular weight excluding hydrogens is 352 g/mol. The molecule has 21 heavy (non-hydrogen) atoms. The fraction of sp³-hybridized carbons (Fsp3) is 0.357. The van der Waals surface area contributed by atoms with Gasteiger partial charge in [-0.25, -0.2) is 4.68 Å². The van der Waals surface area contributed by atoms with E-state index in [9.17, 15) is 4.79 Å². The van der Waals surface area contributed by atoms with Crippen LogP contribution in [0.4, 0.5) is 5.69 Å². The first-order valence-electron chi connectivity index (χ1n) is 6.58. The van der Waals surface area contributed by atoms with Crippen LogP contribution in [0.3, 0.4) is 0 Å². The van der Waals surface area contributed by atoms with Crippen LogP contribution in [0, 0.1) is 0 Å². The molecule has 0 aromatic carbocycles. The second-order valence-corrected chi connectivity index (χ2v) is 6.35. The van der Waals surface area contributed by atoms with Gasteiger partial charge >= 0.3 is 0 Å². The summed E-state index contributed by atoms with van der Waals surface area (Å²) in [7, 11) is 0. The number of rotatable bonds is 5. The van der Waals surface area contributed by atoms with E-state index in [0.29, 0.717) is 11.1 Å². The number of anilines is 1. The Balaban J connectivity index is 2.35. The number of pyridine rings is 1. The molecule has 0 saturated heterocycles. The van der Waals surface area contributed by atoms with Crippen molar-refractivity contribution in [2.45, 2.75) is 19.1 Å². The van der Waals surface area contributed by atoms with Crippen LogP contribution in [0.2, 0.25) is 0 Å². The molecule has 0 spiro atoms. The number of aromatic nitrogens is 3. The minimum Gasteiger partial charge on any atom is -0.308 e. The van der Waals surface area contributed by atoms with E-state index in [-0.39, 0.29) is 11.2 Å². The molecule has 1 atom stereocenters. The van der Waals surface area contributed by atoms with Crippen molar-refractivity contribution in [3.63, 3.8) is 0 Å². The fourth-order valence-electron chi connectivity index (χ4n) is 1.91. The van der Waals surface area contributed by atoms with Gasteiger partial charge in [-0.15, -0.1) is 0 Å². The first-order valence-corrected chi connectivity index (χ1v) is 8.66. The van der Waals surface area contributed by atoms with Gasteiger partial charge < -0.3 is 4.90 Å². The van der Waals surface area contributed by atoms with E-state index in [2.05, 4.69) is 26.0 Å². The molecule has 2 aromatic rings. The van der Waals surface area contributed by atoms with Crippen LogP contribution in [0.25, 0.3) is 5.69 Å². The third kappa shape index (κ3) is 3.47. The molecule has 2 aromatic heterocycles. The van der Waals surface area contributed by atoms with Gasteiger partial charge in [0.15, 0.2) is 4.60 Å². The summed E-state index contributed by atoms with van der Waals surface area (Å²) in [5.41, 5.74) is 1.62. The number of hydrogen-bond acceptors (Lipinski definition) is 4. The fourth-order valence-corrected chi connectivity index (χ4v) is 2.73. The lowest BCUT2D eigenvalue weighted by Gasteiger charge is -2.22. The first-order chi connectivity index (χ1) is 10.1. The van der Waals surface area contributed by atoms with E-state index < -0.39 is 0 Å². The van der Waals surface area contributed by atoms with Gasteiger partial charge in [-0.1, -0.05) is 0 Å². The third-order valence-corrected chi connectivity index (χ3v) is 4.61. The summed E-state index contributed by atoms with van der Waals surface area (Å²) in [6.45, 7) is 4.47. The molecular formula is C14H17BrN4OS. The number of halogens is 1. The van der Waals surface area contributed by atoms with E-state index >= 15 is 0 Å². The van der Waals surface area contributed by atoms with Gasteiger partial charge in [-0.3, -0.25) is 9.78 Å². The highest BCUT2D eigenvalue weighted by Crippen LogP contribution is 2.27. The number of amides is 1. The SMILES string of the molecule is CCN(C(=O)C(C)SC)c1cn(-c2cccnc2)nc1Br. The zero-order chi connectivity index (χ0) is 15.4. The Labute approximate surface area is 136 Å². The van der Waals surface area contributed by atoms with Crippen molar-refractivity contribution in [1.29, 1.82) is 0 Å². The zero-order valence-electron chi connectivity index (χ0n) is 12.2. The minimum absolute atomic E-state index is 0.0800. The smallest absolute Gasteiger partial charge is 0.239 e. The summed E-state index contributed by atoms with van der Waals surface area (Å²) < 4.78 is 2.36. The van der Waals surface area contributed by atoms with Gasteiger partial charge in [-0.05, 0) is 48.2 Å². The van der Waals surface area contributed by atoms with Crippen LogP contribution in [0.5, 0.6) is 0 Å². The predicted octanol–water partition coefficient (Wildman–Crippen LogP) is 3.13. The van der Waals surface area contributed by atoms with Crippen molar-refractivity contribution >= 4 is 39.3 Å². The molecule has 0 fully saturated rings. The van der Waals surface area contributed by atoms with Gasteiger partial charge in [0.25, 0.3) is 0 Å². The highest BCUT2D eigenvalue weighted by Gasteiger charge is 2.23. The second kappa shape index (κ2) is 7.09. The number of nitrogens with zero attached hydrogens (tertiary/aromatic N) is 4. The van der Waals surface area contributed by atoms with Crippen molar-refractivity contribution in [3.8, 4) is 5.69 Å². The summed E-state index contributed by atoms with van der Waals surface area (Å²) >= 11 is 4.98. The van der Waals surface area contributed by atoms with E-state index in [0.717, 1.165) is 11.4 Å². The molecule has 0 aliphatic heterocycles. The maximum atomic E-state index is 12.4. The highest BCUT2D eigenvalue weighted by molar-refractivity contribution is 9.10. The number of carbonyl (C=O) groups is 1. The highest BCUT2D eigenvalue weighted by atomic mass is 79.9. The van der Waals surface area contributed by atoms with Crippen LogP contribution in [0.15, 0.2) is 35.3 Å². The summed E-state index contributed by atoms with van der Waals surface area (Å²) in [4.78, 5) is 18.3. The van der Waals surface area contributed by atoms with Crippen LogP contribution in [0.1, 0.15) is 13.8 Å². The van der Waals surface area contributed by atoms with Crippen molar-refractivity contribution in [2.75, 3.05) is 17.7 Å². The summed E-state index contributed by atoms with van der Waals surface area (Å²) in [6, 6.07) is 3.77. The molecule has 0 radical (unpaired) electrons. The normalized spacial score (nSPS) is 12.2. The van der Waals surface area contributed by atoms with Crippen molar-refractivity contribution in [1.82, 2.24) is 14.8 Å². The van der Waals surface area contributed by atoms with E-state index in [1.807, 2.05) is 38.4 Å². The van der Waals surface area contributed by atoms with Gasteiger partial charge in [0, 0.05) is 12.7 Å². The lowest BCUT2D eigenvalue weighted by molar-refractivity contribution is -0.117. The molecule has 2 heterocycles. The topological polar surface area (TPSA) is 51.0 Å². The van der Waals surface area contributed by atoms with Crippen LogP contribution in [-0.2, 0) is 4.79 Å². The maximum absolute atomic E-state index is 12.4. The molecule has 112 valence electrons. The van der Waals surface area contributed by atoms with E-state index in [1.54, 1.807) is 22.0 Å². The van der Waals surface area contributed by atoms with Crippen molar-refractivity contribution in [2.24, 2.45) is 0 Å². The Morgan fingerprint density at radius 3 is 2.90 bits per heavy atom. The lowest BCUT2D eigenvalue weighted by Crippen LogP contribution is -2.36. The molecule has 5 nitrogen and oxygen atoms in total. The van der Waals surface area contributed by atoms with Gasteiger partial charge in [0.2, 0.25) is 5.91 Å². The molecule has 0 N–H and O–H groups in total. The molecule has 0 bridgehead atoms. The number of hydrogen-bond donors (Lipinski definition) is 0. The van der Waals surface area contributed by atoms with Gasteiger partial charge in [0.1, 0.15) is 0 Å². The Morgan fingerprint density at radius 2 is 2.33 bits per heavy atom. The Kier molecular flexibility index (Phi) is 5.41. The van der Waals surface area contributed by atoms with Gasteiger partial charge in [0.05, 0.1) is 29.0 Å². The van der Waals surface area contributed by atoms with Gasteiger partial charge in [-0.2, -0.15) is 16.9 Å². The van der Waals surface area contributed by atoms with Crippen LogP contribution < -0.4 is 4.90 Å². The number of thioether (sulfide) groups is 1. The average Bonchev–Trinajstić information content (AvgIpc) is 2.90. The maximum Gasteiger partial charge on any atom is 0.239 e. The van der Waals surface area contributed by atoms with Crippen LogP contribution >= 0.6 is 27.7 Å². The summed E-state index contributed by atoms with van der Waals surface area (Å²) in [5.74, 6) is 0.0800. The van der Waals surface area contributed by atoms with Crippen molar-refractivity contribution < 1.29 is 4.79 Å². The molecule has 0 saturated carbocycles. The first kappa shape index (κ1) is 16.0. The average molecular weight is 369 g/mol. The van der Waals surface area contributed by atoms with Crippen molar-refractivity contribution in [3.05, 3.63) is 35.3 Å². The van der Waals surface area contributed by atoms with E-state index in [4.69, 9.17) is 0 Å². The lowest BCUT2D eigenvalue weighted by atomic mass is 10.3. The zero-order valence-corrected chi connectivity index (χ0v) is 14.6. The van der Waals surface area contributed by atoms with Crippen LogP contribution in [-0.4, -0.2) is 38.7 Å². The molecule has 7 heteroatoms. The quantitative estimate of drug-likeness (QED) is 0.813. The summed E-state index contributed by atoms with van der Waals surface area (Å²) in [6.07, 6.45) is 7.22. The third-order valence-electron chi connectivity index (χ3n) is 3.14. The Hall–Kier alpha value is -1.34. The minimum atomic E-state index is -0.0846. The second-order valence-electron chi connectivity index (χ2n) is 4.42. The molecule has 0 aliphatic carbocycles. The Morgan fingerprint density at radius 1 is 1.57 bits per heavy atom. The predicted molar refractivity (Wildman–Crippen MR) is 90.1 cm³/mol. The van der Waals surface area contributed by atoms with E-state index in [1.165, 1.54) is 11.8 Å². The molecule has 0 aliphatic rings. The molecule has 1 amide bonds. The largest absolute Gasteiger partial charge is 0.308 e. The molecule has 1 unspecified atom stereocenters. The Bertz CT molecular complexity index is 617. The molecule has 2 rings (SSSR count). The standard InChI is InChI=1S/C14H17BrN4OS/c1-4-18(14(20)10(2)21-3)12-9-19(17-13(12)15)11-6-5-7-16-8-11/h5-10H,4H2,1-3H3. The monoisotopic (exact) mass is 368 g/mol. The number of carbonyl (C=O) groups excluding carboxylic acids is 1. The summed E-state index contributed by atoms with van der Waals surface area (Å²) in [5, 5.41) is 4.33.